The Labute approximate surface area is 114 Å². The predicted molar refractivity (Wildman–Crippen MR) is 69.1 cm³/mol. The Bertz CT molecular complexity index is 558. The second-order valence-corrected chi connectivity index (χ2v) is 5.72. The third kappa shape index (κ3) is 1.94. The predicted octanol–water partition coefficient (Wildman–Crippen LogP) is 3.07. The standard InChI is InChI=1S/C14H15F3N2O/c15-14(16,17)10-5-9(18)1-2-11(10)19-12-6-13(12)4-3-8(13)7-20/h1-2,5,7-8,12,19H,3-4,6,18H2. The molecular weight excluding hydrogens is 269 g/mol. The summed E-state index contributed by atoms with van der Waals surface area (Å²) in [6.45, 7) is 0. The molecule has 108 valence electrons. The Morgan fingerprint density at radius 3 is 2.70 bits per heavy atom. The van der Waals surface area contributed by atoms with Gasteiger partial charge in [-0.05, 0) is 37.5 Å². The van der Waals surface area contributed by atoms with Crippen LogP contribution < -0.4 is 11.1 Å². The van der Waals surface area contributed by atoms with Crippen LogP contribution in [0.3, 0.4) is 0 Å². The third-order valence-electron chi connectivity index (χ3n) is 4.62. The van der Waals surface area contributed by atoms with Crippen LogP contribution in [0.5, 0.6) is 0 Å². The summed E-state index contributed by atoms with van der Waals surface area (Å²) in [5.41, 5.74) is 4.71. The number of benzene rings is 1. The molecule has 3 nitrogen and oxygen atoms in total. The van der Waals surface area contributed by atoms with E-state index in [1.807, 2.05) is 0 Å². The second kappa shape index (κ2) is 4.14. The molecule has 3 N–H and O–H groups in total. The van der Waals surface area contributed by atoms with Gasteiger partial charge in [-0.3, -0.25) is 0 Å². The van der Waals surface area contributed by atoms with Crippen LogP contribution in [0.25, 0.3) is 0 Å². The second-order valence-electron chi connectivity index (χ2n) is 5.72. The average Bonchev–Trinajstić information content (AvgIpc) is 3.06. The molecule has 0 heterocycles. The fourth-order valence-electron chi connectivity index (χ4n) is 3.20. The molecule has 3 rings (SSSR count). The third-order valence-corrected chi connectivity index (χ3v) is 4.62. The summed E-state index contributed by atoms with van der Waals surface area (Å²) in [5.74, 6) is -0.0110. The molecule has 2 aliphatic rings. The first-order valence-corrected chi connectivity index (χ1v) is 6.55. The number of nitrogen functional groups attached to an aromatic ring is 1. The number of alkyl halides is 3. The molecule has 20 heavy (non-hydrogen) atoms. The van der Waals surface area contributed by atoms with E-state index >= 15 is 0 Å². The number of hydrogen-bond acceptors (Lipinski definition) is 3. The van der Waals surface area contributed by atoms with Crippen LogP contribution in [0.1, 0.15) is 24.8 Å². The Hall–Kier alpha value is -1.72. The van der Waals surface area contributed by atoms with Gasteiger partial charge in [0.2, 0.25) is 0 Å². The van der Waals surface area contributed by atoms with Crippen molar-refractivity contribution >= 4 is 17.7 Å². The first-order chi connectivity index (χ1) is 9.37. The van der Waals surface area contributed by atoms with Gasteiger partial charge in [-0.2, -0.15) is 13.2 Å². The lowest BCUT2D eigenvalue weighted by molar-refractivity contribution is -0.137. The highest BCUT2D eigenvalue weighted by Crippen LogP contribution is 2.64. The molecule has 1 spiro atoms. The number of hydrogen-bond donors (Lipinski definition) is 2. The van der Waals surface area contributed by atoms with E-state index in [-0.39, 0.29) is 28.7 Å². The number of rotatable bonds is 3. The molecule has 3 atom stereocenters. The number of carbonyl (C=O) groups is 1. The zero-order chi connectivity index (χ0) is 14.5. The highest BCUT2D eigenvalue weighted by atomic mass is 19.4. The minimum Gasteiger partial charge on any atom is -0.399 e. The van der Waals surface area contributed by atoms with Crippen LogP contribution in [0, 0.1) is 11.3 Å². The van der Waals surface area contributed by atoms with Gasteiger partial charge in [0, 0.05) is 28.7 Å². The molecule has 2 aliphatic carbocycles. The van der Waals surface area contributed by atoms with E-state index in [2.05, 4.69) is 5.32 Å². The Balaban J connectivity index is 1.81. The molecule has 0 saturated heterocycles. The van der Waals surface area contributed by atoms with E-state index in [4.69, 9.17) is 5.73 Å². The van der Waals surface area contributed by atoms with Crippen LogP contribution in [0.15, 0.2) is 18.2 Å². The van der Waals surface area contributed by atoms with Gasteiger partial charge in [-0.15, -0.1) is 0 Å². The van der Waals surface area contributed by atoms with E-state index < -0.39 is 11.7 Å². The molecule has 0 bridgehead atoms. The number of anilines is 2. The quantitative estimate of drug-likeness (QED) is 0.662. The van der Waals surface area contributed by atoms with E-state index in [1.165, 1.54) is 12.1 Å². The van der Waals surface area contributed by atoms with Crippen molar-refractivity contribution in [2.75, 3.05) is 11.1 Å². The van der Waals surface area contributed by atoms with Crippen LogP contribution in [-0.4, -0.2) is 12.3 Å². The van der Waals surface area contributed by atoms with E-state index in [1.54, 1.807) is 0 Å². The highest BCUT2D eigenvalue weighted by molar-refractivity contribution is 5.64. The summed E-state index contributed by atoms with van der Waals surface area (Å²) in [6, 6.07) is 3.70. The fraction of sp³-hybridized carbons (Fsp3) is 0.500. The topological polar surface area (TPSA) is 55.1 Å². The molecule has 3 unspecified atom stereocenters. The number of nitrogens with one attached hydrogen (secondary N) is 1. The molecule has 0 amide bonds. The summed E-state index contributed by atoms with van der Waals surface area (Å²) >= 11 is 0. The zero-order valence-electron chi connectivity index (χ0n) is 10.7. The number of carbonyl (C=O) groups excluding carboxylic acids is 1. The van der Waals surface area contributed by atoms with E-state index in [9.17, 15) is 18.0 Å². The summed E-state index contributed by atoms with van der Waals surface area (Å²) in [4.78, 5) is 10.9. The van der Waals surface area contributed by atoms with Crippen LogP contribution in [0.2, 0.25) is 0 Å². The van der Waals surface area contributed by atoms with Crippen molar-refractivity contribution in [3.05, 3.63) is 23.8 Å². The lowest BCUT2D eigenvalue weighted by atomic mass is 9.70. The van der Waals surface area contributed by atoms with Crippen molar-refractivity contribution in [3.8, 4) is 0 Å². The average molecular weight is 284 g/mol. The largest absolute Gasteiger partial charge is 0.418 e. The summed E-state index contributed by atoms with van der Waals surface area (Å²) in [5, 5.41) is 2.94. The molecule has 1 aromatic carbocycles. The lowest BCUT2D eigenvalue weighted by Gasteiger charge is -2.34. The molecule has 2 saturated carbocycles. The van der Waals surface area contributed by atoms with Gasteiger partial charge in [0.1, 0.15) is 6.29 Å². The Kier molecular flexibility index (Phi) is 2.74. The van der Waals surface area contributed by atoms with Gasteiger partial charge in [0.15, 0.2) is 0 Å². The Morgan fingerprint density at radius 2 is 2.15 bits per heavy atom. The first-order valence-electron chi connectivity index (χ1n) is 6.55. The van der Waals surface area contributed by atoms with Gasteiger partial charge in [-0.25, -0.2) is 0 Å². The molecule has 1 aromatic rings. The summed E-state index contributed by atoms with van der Waals surface area (Å²) in [7, 11) is 0. The maximum Gasteiger partial charge on any atom is 0.418 e. The van der Waals surface area contributed by atoms with Crippen molar-refractivity contribution in [1.29, 1.82) is 0 Å². The normalized spacial score (nSPS) is 31.8. The zero-order valence-corrected chi connectivity index (χ0v) is 10.7. The first kappa shape index (κ1) is 13.3. The molecule has 2 fully saturated rings. The van der Waals surface area contributed by atoms with Crippen LogP contribution >= 0.6 is 0 Å². The fourth-order valence-corrected chi connectivity index (χ4v) is 3.20. The minimum atomic E-state index is -4.44. The van der Waals surface area contributed by atoms with Gasteiger partial charge in [0.25, 0.3) is 0 Å². The monoisotopic (exact) mass is 284 g/mol. The van der Waals surface area contributed by atoms with Crippen molar-refractivity contribution in [3.63, 3.8) is 0 Å². The SMILES string of the molecule is Nc1ccc(NC2CC23CCC3C=O)c(C(F)(F)F)c1. The molecule has 0 aliphatic heterocycles. The van der Waals surface area contributed by atoms with Crippen molar-refractivity contribution in [2.24, 2.45) is 11.3 Å². The van der Waals surface area contributed by atoms with Crippen molar-refractivity contribution in [2.45, 2.75) is 31.5 Å². The van der Waals surface area contributed by atoms with E-state index in [0.29, 0.717) is 0 Å². The maximum atomic E-state index is 13.0. The van der Waals surface area contributed by atoms with Crippen LogP contribution in [0.4, 0.5) is 24.5 Å². The molecule has 6 heteroatoms. The Morgan fingerprint density at radius 1 is 1.40 bits per heavy atom. The van der Waals surface area contributed by atoms with Crippen molar-refractivity contribution < 1.29 is 18.0 Å². The highest BCUT2D eigenvalue weighted by Gasteiger charge is 2.64. The summed E-state index contributed by atoms with van der Waals surface area (Å²) in [6.07, 6.45) is -1.000. The molecule has 0 aromatic heterocycles. The minimum absolute atomic E-state index is 0.0110. The van der Waals surface area contributed by atoms with Crippen LogP contribution in [-0.2, 0) is 11.0 Å². The number of nitrogens with two attached hydrogens (primary N) is 1. The van der Waals surface area contributed by atoms with E-state index in [0.717, 1.165) is 31.6 Å². The summed E-state index contributed by atoms with van der Waals surface area (Å²) < 4.78 is 38.9. The smallest absolute Gasteiger partial charge is 0.399 e. The van der Waals surface area contributed by atoms with Gasteiger partial charge >= 0.3 is 6.18 Å². The van der Waals surface area contributed by atoms with Crippen molar-refractivity contribution in [1.82, 2.24) is 0 Å². The molecule has 0 radical (unpaired) electrons. The number of halogens is 3. The van der Waals surface area contributed by atoms with Gasteiger partial charge in [0.05, 0.1) is 5.56 Å². The number of aldehydes is 1. The van der Waals surface area contributed by atoms with Gasteiger partial charge in [-0.1, -0.05) is 0 Å². The maximum absolute atomic E-state index is 13.0. The molecular formula is C14H15F3N2O. The van der Waals surface area contributed by atoms with Gasteiger partial charge < -0.3 is 15.8 Å². The lowest BCUT2D eigenvalue weighted by Crippen LogP contribution is -2.34.